The molecule has 0 fully saturated rings. The average Bonchev–Trinajstić information content (AvgIpc) is 2.32. The predicted molar refractivity (Wildman–Crippen MR) is 75.6 cm³/mol. The van der Waals surface area contributed by atoms with E-state index >= 15 is 0 Å². The first-order valence-electron chi connectivity index (χ1n) is 6.00. The molecule has 2 aromatic rings. The van der Waals surface area contributed by atoms with Crippen LogP contribution in [0.4, 0.5) is 0 Å². The summed E-state index contributed by atoms with van der Waals surface area (Å²) in [6.45, 7) is 4.06. The van der Waals surface area contributed by atoms with E-state index in [-0.39, 0.29) is 5.56 Å². The third-order valence-corrected chi connectivity index (χ3v) is 3.15. The van der Waals surface area contributed by atoms with E-state index in [0.29, 0.717) is 11.2 Å². The van der Waals surface area contributed by atoms with Gasteiger partial charge in [-0.3, -0.25) is 9.78 Å². The number of hydrogen-bond acceptors (Lipinski definition) is 2. The van der Waals surface area contributed by atoms with Gasteiger partial charge in [-0.2, -0.15) is 0 Å². The van der Waals surface area contributed by atoms with Crippen molar-refractivity contribution >= 4 is 12.2 Å². The summed E-state index contributed by atoms with van der Waals surface area (Å²) in [5.41, 5.74) is 3.95. The molecule has 1 aromatic heterocycles. The summed E-state index contributed by atoms with van der Waals surface area (Å²) >= 11 is 4.99. The zero-order valence-corrected chi connectivity index (χ0v) is 11.4. The van der Waals surface area contributed by atoms with Crippen LogP contribution < -0.4 is 5.56 Å². The molecule has 0 aliphatic carbocycles. The monoisotopic (exact) mass is 260 g/mol. The largest absolute Gasteiger partial charge is 0.336 e. The van der Waals surface area contributed by atoms with Gasteiger partial charge in [0.1, 0.15) is 0 Å². The van der Waals surface area contributed by atoms with Gasteiger partial charge in [-0.05, 0) is 31.1 Å². The Morgan fingerprint density at radius 3 is 2.72 bits per heavy atom. The van der Waals surface area contributed by atoms with Gasteiger partial charge in [0.05, 0.1) is 0 Å². The molecule has 2 N–H and O–H groups in total. The number of rotatable bonds is 3. The molecule has 2 rings (SSSR count). The summed E-state index contributed by atoms with van der Waals surface area (Å²) in [6.07, 6.45) is 1.40. The second-order valence-electron chi connectivity index (χ2n) is 4.38. The Labute approximate surface area is 111 Å². The van der Waals surface area contributed by atoms with Gasteiger partial charge in [0, 0.05) is 17.7 Å². The molecule has 0 saturated heterocycles. The molecule has 0 radical (unpaired) electrons. The highest BCUT2D eigenvalue weighted by Crippen LogP contribution is 2.11. The van der Waals surface area contributed by atoms with Crippen LogP contribution >= 0.6 is 12.2 Å². The number of aryl methyl sites for hydroxylation is 2. The maximum atomic E-state index is 12.0. The minimum absolute atomic E-state index is 0.0860. The van der Waals surface area contributed by atoms with Crippen molar-refractivity contribution in [2.45, 2.75) is 26.7 Å². The fourth-order valence-corrected chi connectivity index (χ4v) is 2.29. The maximum Gasteiger partial charge on any atom is 0.255 e. The fourth-order valence-electron chi connectivity index (χ4n) is 2.07. The zero-order valence-electron chi connectivity index (χ0n) is 10.5. The molecule has 18 heavy (non-hydrogen) atoms. The highest BCUT2D eigenvalue weighted by atomic mass is 32.1. The van der Waals surface area contributed by atoms with E-state index in [4.69, 9.17) is 12.2 Å². The predicted octanol–water partition coefficient (Wildman–Crippen LogP) is 2.89. The van der Waals surface area contributed by atoms with E-state index in [9.17, 15) is 4.79 Å². The van der Waals surface area contributed by atoms with Crippen LogP contribution in [-0.2, 0) is 12.8 Å². The average molecular weight is 260 g/mol. The van der Waals surface area contributed by atoms with Crippen molar-refractivity contribution in [3.05, 3.63) is 61.8 Å². The highest BCUT2D eigenvalue weighted by Gasteiger charge is 2.08. The van der Waals surface area contributed by atoms with Gasteiger partial charge >= 0.3 is 0 Å². The molecule has 0 amide bonds. The maximum absolute atomic E-state index is 12.0. The van der Waals surface area contributed by atoms with Gasteiger partial charge in [-0.1, -0.05) is 36.8 Å². The first-order valence-corrected chi connectivity index (χ1v) is 6.41. The molecule has 1 aromatic carbocycles. The molecule has 0 aliphatic rings. The summed E-state index contributed by atoms with van der Waals surface area (Å²) in [4.78, 5) is 17.7. The summed E-state index contributed by atoms with van der Waals surface area (Å²) in [5, 5.41) is 0. The molecular weight excluding hydrogens is 244 g/mol. The number of aromatic nitrogens is 2. The van der Waals surface area contributed by atoms with Crippen molar-refractivity contribution in [3.63, 3.8) is 0 Å². The third kappa shape index (κ3) is 2.76. The Morgan fingerprint density at radius 2 is 2.06 bits per heavy atom. The van der Waals surface area contributed by atoms with Gasteiger partial charge in [-0.15, -0.1) is 0 Å². The Balaban J connectivity index is 2.46. The number of nitrogens with one attached hydrogen (secondary N) is 2. The number of aromatic amines is 2. The van der Waals surface area contributed by atoms with Gasteiger partial charge in [0.2, 0.25) is 0 Å². The minimum Gasteiger partial charge on any atom is -0.336 e. The Hall–Kier alpha value is -1.68. The first kappa shape index (κ1) is 12.8. The molecule has 0 saturated carbocycles. The van der Waals surface area contributed by atoms with Crippen LogP contribution in [0.3, 0.4) is 0 Å². The Bertz CT molecular complexity index is 670. The lowest BCUT2D eigenvalue weighted by atomic mass is 10.0. The smallest absolute Gasteiger partial charge is 0.255 e. The van der Waals surface area contributed by atoms with E-state index < -0.39 is 0 Å². The van der Waals surface area contributed by atoms with Crippen LogP contribution in [0.1, 0.15) is 29.3 Å². The second kappa shape index (κ2) is 5.31. The zero-order chi connectivity index (χ0) is 13.1. The SMILES string of the molecule is CCc1[nH]c(=S)[nH]c(=O)c1Cc1cccc(C)c1. The molecule has 94 valence electrons. The summed E-state index contributed by atoms with van der Waals surface area (Å²) in [5.74, 6) is 0. The summed E-state index contributed by atoms with van der Waals surface area (Å²) in [6, 6.07) is 8.19. The molecule has 0 bridgehead atoms. The lowest BCUT2D eigenvalue weighted by Crippen LogP contribution is -2.18. The summed E-state index contributed by atoms with van der Waals surface area (Å²) in [7, 11) is 0. The van der Waals surface area contributed by atoms with Crippen molar-refractivity contribution in [2.75, 3.05) is 0 Å². The molecular formula is C14H16N2OS. The molecule has 0 aliphatic heterocycles. The molecule has 0 spiro atoms. The number of benzene rings is 1. The van der Waals surface area contributed by atoms with Gasteiger partial charge in [0.25, 0.3) is 5.56 Å². The van der Waals surface area contributed by atoms with Crippen molar-refractivity contribution < 1.29 is 0 Å². The normalized spacial score (nSPS) is 10.6. The number of hydrogen-bond donors (Lipinski definition) is 2. The van der Waals surface area contributed by atoms with Crippen LogP contribution in [0.15, 0.2) is 29.1 Å². The molecule has 0 atom stereocenters. The van der Waals surface area contributed by atoms with Crippen LogP contribution in [0, 0.1) is 11.7 Å². The van der Waals surface area contributed by atoms with Crippen LogP contribution in [0.25, 0.3) is 0 Å². The second-order valence-corrected chi connectivity index (χ2v) is 4.79. The molecule has 3 nitrogen and oxygen atoms in total. The van der Waals surface area contributed by atoms with E-state index in [1.54, 1.807) is 0 Å². The van der Waals surface area contributed by atoms with E-state index in [0.717, 1.165) is 23.2 Å². The fraction of sp³-hybridized carbons (Fsp3) is 0.286. The first-order chi connectivity index (χ1) is 8.60. The molecule has 1 heterocycles. The van der Waals surface area contributed by atoms with E-state index in [2.05, 4.69) is 16.0 Å². The lowest BCUT2D eigenvalue weighted by molar-refractivity contribution is 0.907. The van der Waals surface area contributed by atoms with Gasteiger partial charge < -0.3 is 4.98 Å². The topological polar surface area (TPSA) is 48.6 Å². The number of H-pyrrole nitrogens is 2. The highest BCUT2D eigenvalue weighted by molar-refractivity contribution is 7.71. The van der Waals surface area contributed by atoms with E-state index in [1.165, 1.54) is 5.56 Å². The molecule has 0 unspecified atom stereocenters. The van der Waals surface area contributed by atoms with Crippen molar-refractivity contribution in [2.24, 2.45) is 0 Å². The minimum atomic E-state index is -0.0860. The van der Waals surface area contributed by atoms with Gasteiger partial charge in [-0.25, -0.2) is 0 Å². The Kier molecular flexibility index (Phi) is 3.77. The van der Waals surface area contributed by atoms with Crippen molar-refractivity contribution in [1.82, 2.24) is 9.97 Å². The van der Waals surface area contributed by atoms with Gasteiger partial charge in [0.15, 0.2) is 4.77 Å². The lowest BCUT2D eigenvalue weighted by Gasteiger charge is -2.07. The third-order valence-electron chi connectivity index (χ3n) is 2.95. The van der Waals surface area contributed by atoms with Crippen LogP contribution in [0.2, 0.25) is 0 Å². The van der Waals surface area contributed by atoms with Crippen LogP contribution in [0.5, 0.6) is 0 Å². The van der Waals surface area contributed by atoms with E-state index in [1.807, 2.05) is 32.0 Å². The molecule has 4 heteroatoms. The van der Waals surface area contributed by atoms with Crippen molar-refractivity contribution in [1.29, 1.82) is 0 Å². The Morgan fingerprint density at radius 1 is 1.28 bits per heavy atom. The van der Waals surface area contributed by atoms with Crippen LogP contribution in [-0.4, -0.2) is 9.97 Å². The standard InChI is InChI=1S/C14H16N2OS/c1-3-12-11(13(17)16-14(18)15-12)8-10-6-4-5-9(2)7-10/h4-7H,3,8H2,1-2H3,(H2,15,16,17,18). The quantitative estimate of drug-likeness (QED) is 0.834. The summed E-state index contributed by atoms with van der Waals surface area (Å²) < 4.78 is 0.393. The van der Waals surface area contributed by atoms with Crippen molar-refractivity contribution in [3.8, 4) is 0 Å².